The van der Waals surface area contributed by atoms with Crippen LogP contribution in [-0.4, -0.2) is 4.98 Å². The van der Waals surface area contributed by atoms with Gasteiger partial charge in [0.05, 0.1) is 0 Å². The number of pyridine rings is 1. The van der Waals surface area contributed by atoms with Gasteiger partial charge in [-0.15, -0.1) is 0 Å². The summed E-state index contributed by atoms with van der Waals surface area (Å²) in [6, 6.07) is 6.57. The molecule has 0 atom stereocenters. The number of aromatic amines is 1. The average Bonchev–Trinajstić information content (AvgIpc) is 2.22. The second kappa shape index (κ2) is 3.90. The molecule has 0 saturated heterocycles. The summed E-state index contributed by atoms with van der Waals surface area (Å²) >= 11 is 4.94. The van der Waals surface area contributed by atoms with E-state index in [-0.39, 0.29) is 5.56 Å². The molecule has 2 rings (SSSR count). The summed E-state index contributed by atoms with van der Waals surface area (Å²) in [7, 11) is 0. The molecule has 2 aromatic rings. The van der Waals surface area contributed by atoms with Crippen molar-refractivity contribution >= 4 is 12.2 Å². The molecule has 1 aromatic carbocycles. The highest BCUT2D eigenvalue weighted by Crippen LogP contribution is 2.21. The first kappa shape index (κ1) is 9.98. The molecule has 1 nitrogen and oxygen atoms in total. The molecular formula is C11H7F2NS. The minimum Gasteiger partial charge on any atom is -0.361 e. The molecule has 0 amide bonds. The highest BCUT2D eigenvalue weighted by Gasteiger charge is 2.06. The zero-order valence-corrected chi connectivity index (χ0v) is 8.44. The van der Waals surface area contributed by atoms with E-state index in [2.05, 4.69) is 4.98 Å². The summed E-state index contributed by atoms with van der Waals surface area (Å²) in [5, 5.41) is 0. The van der Waals surface area contributed by atoms with Gasteiger partial charge < -0.3 is 4.98 Å². The van der Waals surface area contributed by atoms with Gasteiger partial charge in [-0.3, -0.25) is 0 Å². The molecule has 0 aliphatic heterocycles. The second-order valence-electron chi connectivity index (χ2n) is 3.06. The van der Waals surface area contributed by atoms with Crippen molar-refractivity contribution in [1.82, 2.24) is 4.98 Å². The largest absolute Gasteiger partial charge is 0.361 e. The van der Waals surface area contributed by atoms with Crippen LogP contribution in [0.5, 0.6) is 0 Å². The molecule has 4 heteroatoms. The average molecular weight is 223 g/mol. The standard InChI is InChI=1S/C11H7F2NS/c12-7-1-2-10(13)9(5-7)11-6-8(15)3-4-14-11/h1-6H,(H,14,15). The van der Waals surface area contributed by atoms with Crippen molar-refractivity contribution < 1.29 is 8.78 Å². The molecule has 0 fully saturated rings. The van der Waals surface area contributed by atoms with Crippen LogP contribution >= 0.6 is 12.2 Å². The molecule has 0 spiro atoms. The monoisotopic (exact) mass is 223 g/mol. The van der Waals surface area contributed by atoms with Gasteiger partial charge in [0.25, 0.3) is 0 Å². The van der Waals surface area contributed by atoms with Crippen molar-refractivity contribution in [3.05, 3.63) is 52.7 Å². The topological polar surface area (TPSA) is 15.8 Å². The van der Waals surface area contributed by atoms with E-state index in [4.69, 9.17) is 12.2 Å². The fraction of sp³-hybridized carbons (Fsp3) is 0. The number of rotatable bonds is 1. The van der Waals surface area contributed by atoms with Crippen LogP contribution in [0.1, 0.15) is 0 Å². The maximum Gasteiger partial charge on any atom is 0.132 e. The molecule has 0 radical (unpaired) electrons. The molecule has 1 aromatic heterocycles. The number of hydrogen-bond donors (Lipinski definition) is 1. The molecule has 0 saturated carbocycles. The van der Waals surface area contributed by atoms with Gasteiger partial charge in [0.1, 0.15) is 11.6 Å². The van der Waals surface area contributed by atoms with Gasteiger partial charge in [0.15, 0.2) is 0 Å². The van der Waals surface area contributed by atoms with Crippen molar-refractivity contribution in [1.29, 1.82) is 0 Å². The number of hydrogen-bond acceptors (Lipinski definition) is 1. The Bertz CT molecular complexity index is 548. The van der Waals surface area contributed by atoms with Crippen molar-refractivity contribution in [2.45, 2.75) is 0 Å². The minimum absolute atomic E-state index is 0.182. The predicted molar refractivity (Wildman–Crippen MR) is 57.0 cm³/mol. The quantitative estimate of drug-likeness (QED) is 0.729. The molecule has 1 N–H and O–H groups in total. The first-order valence-electron chi connectivity index (χ1n) is 4.31. The Morgan fingerprint density at radius 3 is 2.60 bits per heavy atom. The summed E-state index contributed by atoms with van der Waals surface area (Å²) in [4.78, 5) is 2.82. The van der Waals surface area contributed by atoms with E-state index in [1.807, 2.05) is 0 Å². The molecule has 1 heterocycles. The first-order chi connectivity index (χ1) is 7.16. The number of halogens is 2. The van der Waals surface area contributed by atoms with E-state index in [0.717, 1.165) is 18.2 Å². The SMILES string of the molecule is Fc1ccc(F)c(-c2cc(=S)cc[nH]2)c1. The predicted octanol–water partition coefficient (Wildman–Crippen LogP) is 3.69. The minimum atomic E-state index is -0.478. The van der Waals surface area contributed by atoms with Crippen molar-refractivity contribution in [2.75, 3.05) is 0 Å². The number of aromatic nitrogens is 1. The van der Waals surface area contributed by atoms with E-state index >= 15 is 0 Å². The molecule has 15 heavy (non-hydrogen) atoms. The lowest BCUT2D eigenvalue weighted by atomic mass is 10.1. The zero-order chi connectivity index (χ0) is 10.8. The van der Waals surface area contributed by atoms with E-state index in [0.29, 0.717) is 10.2 Å². The van der Waals surface area contributed by atoms with E-state index in [9.17, 15) is 8.78 Å². The summed E-state index contributed by atoms with van der Waals surface area (Å²) in [5.74, 6) is -0.956. The lowest BCUT2D eigenvalue weighted by Gasteiger charge is -2.03. The summed E-state index contributed by atoms with van der Waals surface area (Å²) < 4.78 is 26.9. The Kier molecular flexibility index (Phi) is 2.60. The van der Waals surface area contributed by atoms with Crippen LogP contribution in [0.4, 0.5) is 8.78 Å². The number of nitrogens with one attached hydrogen (secondary N) is 1. The van der Waals surface area contributed by atoms with Gasteiger partial charge >= 0.3 is 0 Å². The smallest absolute Gasteiger partial charge is 0.132 e. The molecule has 76 valence electrons. The number of H-pyrrole nitrogens is 1. The Labute approximate surface area is 90.4 Å². The van der Waals surface area contributed by atoms with Gasteiger partial charge in [0, 0.05) is 22.0 Å². The molecule has 0 aliphatic rings. The lowest BCUT2D eigenvalue weighted by Crippen LogP contribution is -1.88. The van der Waals surface area contributed by atoms with Crippen LogP contribution < -0.4 is 0 Å². The zero-order valence-electron chi connectivity index (χ0n) is 7.63. The first-order valence-corrected chi connectivity index (χ1v) is 4.72. The fourth-order valence-corrected chi connectivity index (χ4v) is 1.49. The van der Waals surface area contributed by atoms with Crippen LogP contribution in [0.15, 0.2) is 36.5 Å². The Morgan fingerprint density at radius 2 is 1.87 bits per heavy atom. The van der Waals surface area contributed by atoms with Crippen molar-refractivity contribution in [2.24, 2.45) is 0 Å². The second-order valence-corrected chi connectivity index (χ2v) is 3.53. The summed E-state index contributed by atoms with van der Waals surface area (Å²) in [6.45, 7) is 0. The van der Waals surface area contributed by atoms with Gasteiger partial charge in [0.2, 0.25) is 0 Å². The van der Waals surface area contributed by atoms with Gasteiger partial charge in [-0.25, -0.2) is 8.78 Å². The van der Waals surface area contributed by atoms with Crippen molar-refractivity contribution in [3.63, 3.8) is 0 Å². The van der Waals surface area contributed by atoms with Crippen LogP contribution in [0.3, 0.4) is 0 Å². The highest BCUT2D eigenvalue weighted by atomic mass is 32.1. The Balaban J connectivity index is 2.63. The highest BCUT2D eigenvalue weighted by molar-refractivity contribution is 7.71. The summed E-state index contributed by atoms with van der Waals surface area (Å²) in [5.41, 5.74) is 0.654. The van der Waals surface area contributed by atoms with Crippen LogP contribution in [0.2, 0.25) is 0 Å². The van der Waals surface area contributed by atoms with Crippen molar-refractivity contribution in [3.8, 4) is 11.3 Å². The van der Waals surface area contributed by atoms with E-state index in [1.54, 1.807) is 18.3 Å². The molecular weight excluding hydrogens is 216 g/mol. The van der Waals surface area contributed by atoms with Gasteiger partial charge in [-0.05, 0) is 30.3 Å². The van der Waals surface area contributed by atoms with Gasteiger partial charge in [-0.1, -0.05) is 12.2 Å². The van der Waals surface area contributed by atoms with E-state index < -0.39 is 11.6 Å². The van der Waals surface area contributed by atoms with Gasteiger partial charge in [-0.2, -0.15) is 0 Å². The molecule has 0 bridgehead atoms. The molecule has 0 aliphatic carbocycles. The maximum absolute atomic E-state index is 13.4. The lowest BCUT2D eigenvalue weighted by molar-refractivity contribution is 0.602. The third-order valence-corrected chi connectivity index (χ3v) is 2.25. The van der Waals surface area contributed by atoms with Crippen LogP contribution in [0.25, 0.3) is 11.3 Å². The van der Waals surface area contributed by atoms with Crippen LogP contribution in [0, 0.1) is 16.1 Å². The Morgan fingerprint density at radius 1 is 1.07 bits per heavy atom. The third-order valence-electron chi connectivity index (χ3n) is 1.99. The van der Waals surface area contributed by atoms with Crippen LogP contribution in [-0.2, 0) is 0 Å². The number of benzene rings is 1. The summed E-state index contributed by atoms with van der Waals surface area (Å²) in [6.07, 6.45) is 1.60. The maximum atomic E-state index is 13.4. The fourth-order valence-electron chi connectivity index (χ4n) is 1.31. The molecule has 0 unspecified atom stereocenters. The Hall–Kier alpha value is -1.55. The van der Waals surface area contributed by atoms with E-state index in [1.165, 1.54) is 0 Å². The normalized spacial score (nSPS) is 10.3. The third kappa shape index (κ3) is 2.10.